The molecule has 0 heterocycles. The molecule has 110 valence electrons. The zero-order chi connectivity index (χ0) is 15.3. The first-order valence-corrected chi connectivity index (χ1v) is 6.37. The Labute approximate surface area is 118 Å². The molecule has 0 unspecified atom stereocenters. The van der Waals surface area contributed by atoms with Crippen LogP contribution in [0.15, 0.2) is 24.3 Å². The second kappa shape index (κ2) is 6.91. The van der Waals surface area contributed by atoms with Gasteiger partial charge in [-0.3, -0.25) is 4.90 Å². The minimum absolute atomic E-state index is 0.0658. The smallest absolute Gasteiger partial charge is 0.337 e. The normalized spacial score (nSPS) is 10.4. The van der Waals surface area contributed by atoms with Gasteiger partial charge in [0.15, 0.2) is 0 Å². The Morgan fingerprint density at radius 1 is 1.25 bits per heavy atom. The molecule has 0 aromatic heterocycles. The monoisotopic (exact) mass is 280 g/mol. The summed E-state index contributed by atoms with van der Waals surface area (Å²) in [7, 11) is 1.52. The lowest BCUT2D eigenvalue weighted by molar-refractivity contribution is 0.0697. The Bertz CT molecular complexity index is 488. The van der Waals surface area contributed by atoms with Crippen molar-refractivity contribution in [2.75, 3.05) is 25.1 Å². The number of rotatable bonds is 5. The Morgan fingerprint density at radius 3 is 2.35 bits per heavy atom. The quantitative estimate of drug-likeness (QED) is 0.859. The maximum atomic E-state index is 12.4. The molecule has 20 heavy (non-hydrogen) atoms. The molecule has 0 saturated carbocycles. The fourth-order valence-corrected chi connectivity index (χ4v) is 1.93. The number of amides is 2. The Kier molecular flexibility index (Phi) is 5.52. The number of benzene rings is 1. The Balaban J connectivity index is 3.08. The molecule has 0 fully saturated rings. The van der Waals surface area contributed by atoms with Gasteiger partial charge in [0, 0.05) is 19.6 Å². The molecule has 0 bridgehead atoms. The zero-order valence-corrected chi connectivity index (χ0v) is 11.9. The number of para-hydroxylation sites is 1. The lowest BCUT2D eigenvalue weighted by Crippen LogP contribution is -2.46. The molecule has 0 aliphatic carbocycles. The summed E-state index contributed by atoms with van der Waals surface area (Å²) in [6.07, 6.45) is 0. The van der Waals surface area contributed by atoms with E-state index in [-0.39, 0.29) is 30.8 Å². The van der Waals surface area contributed by atoms with E-state index in [1.807, 2.05) is 13.8 Å². The molecule has 0 atom stereocenters. The number of carbonyl (C=O) groups is 2. The third kappa shape index (κ3) is 3.48. The molecular formula is C14H20N2O4. The van der Waals surface area contributed by atoms with Gasteiger partial charge in [-0.2, -0.15) is 0 Å². The number of aliphatic hydroxyl groups is 1. The minimum Gasteiger partial charge on any atom is -0.478 e. The number of aliphatic hydroxyl groups excluding tert-OH is 1. The fourth-order valence-electron chi connectivity index (χ4n) is 1.93. The topological polar surface area (TPSA) is 81.1 Å². The van der Waals surface area contributed by atoms with E-state index >= 15 is 0 Å². The molecule has 1 aromatic carbocycles. The van der Waals surface area contributed by atoms with Crippen molar-refractivity contribution in [2.45, 2.75) is 19.9 Å². The molecule has 0 radical (unpaired) electrons. The molecule has 6 heteroatoms. The van der Waals surface area contributed by atoms with Crippen LogP contribution in [0.25, 0.3) is 0 Å². The van der Waals surface area contributed by atoms with Crippen LogP contribution in [0.3, 0.4) is 0 Å². The van der Waals surface area contributed by atoms with Gasteiger partial charge in [0.05, 0.1) is 17.9 Å². The van der Waals surface area contributed by atoms with Crippen molar-refractivity contribution >= 4 is 17.7 Å². The Morgan fingerprint density at radius 2 is 1.85 bits per heavy atom. The van der Waals surface area contributed by atoms with Crippen LogP contribution < -0.4 is 4.90 Å². The predicted molar refractivity (Wildman–Crippen MR) is 76.1 cm³/mol. The molecular weight excluding hydrogens is 260 g/mol. The van der Waals surface area contributed by atoms with Crippen LogP contribution in [0, 0.1) is 0 Å². The van der Waals surface area contributed by atoms with E-state index in [2.05, 4.69) is 0 Å². The molecule has 0 aliphatic rings. The van der Waals surface area contributed by atoms with Crippen molar-refractivity contribution in [2.24, 2.45) is 0 Å². The molecule has 2 N–H and O–H groups in total. The number of carboxylic acid groups (broad SMARTS) is 1. The summed E-state index contributed by atoms with van der Waals surface area (Å²) in [6, 6.07) is 5.89. The predicted octanol–water partition coefficient (Wildman–Crippen LogP) is 1.64. The van der Waals surface area contributed by atoms with Gasteiger partial charge in [-0.05, 0) is 26.0 Å². The summed E-state index contributed by atoms with van der Waals surface area (Å²) in [5.74, 6) is -1.08. The van der Waals surface area contributed by atoms with E-state index in [0.29, 0.717) is 5.69 Å². The van der Waals surface area contributed by atoms with Gasteiger partial charge in [0.25, 0.3) is 0 Å². The first-order valence-electron chi connectivity index (χ1n) is 6.37. The van der Waals surface area contributed by atoms with Gasteiger partial charge < -0.3 is 15.1 Å². The van der Waals surface area contributed by atoms with Crippen molar-refractivity contribution in [1.82, 2.24) is 4.90 Å². The molecule has 0 spiro atoms. The van der Waals surface area contributed by atoms with Gasteiger partial charge in [-0.1, -0.05) is 12.1 Å². The number of carbonyl (C=O) groups excluding carboxylic acids is 1. The number of hydrogen-bond acceptors (Lipinski definition) is 3. The van der Waals surface area contributed by atoms with Crippen LogP contribution in [-0.2, 0) is 0 Å². The number of carboxylic acids is 1. The maximum Gasteiger partial charge on any atom is 0.337 e. The van der Waals surface area contributed by atoms with E-state index in [1.165, 1.54) is 22.9 Å². The standard InChI is InChI=1S/C14H20N2O4/c1-10(2)16(8-9-17)14(20)15(3)12-7-5-4-6-11(12)13(18)19/h4-7,10,17H,8-9H2,1-3H3,(H,18,19). The molecule has 0 saturated heterocycles. The van der Waals surface area contributed by atoms with Crippen LogP contribution >= 0.6 is 0 Å². The first-order chi connectivity index (χ1) is 9.40. The van der Waals surface area contributed by atoms with Crippen LogP contribution in [0.1, 0.15) is 24.2 Å². The first kappa shape index (κ1) is 16.0. The number of nitrogens with zero attached hydrogens (tertiary/aromatic N) is 2. The summed E-state index contributed by atoms with van der Waals surface area (Å²) in [5, 5.41) is 18.2. The van der Waals surface area contributed by atoms with Crippen molar-refractivity contribution in [1.29, 1.82) is 0 Å². The molecule has 2 amide bonds. The highest BCUT2D eigenvalue weighted by molar-refractivity contribution is 6.01. The fraction of sp³-hybridized carbons (Fsp3) is 0.429. The van der Waals surface area contributed by atoms with E-state index < -0.39 is 5.97 Å². The second-order valence-electron chi connectivity index (χ2n) is 4.67. The third-order valence-electron chi connectivity index (χ3n) is 2.99. The van der Waals surface area contributed by atoms with Crippen molar-refractivity contribution in [3.05, 3.63) is 29.8 Å². The van der Waals surface area contributed by atoms with Gasteiger partial charge in [-0.15, -0.1) is 0 Å². The van der Waals surface area contributed by atoms with Crippen LogP contribution in [0.2, 0.25) is 0 Å². The van der Waals surface area contributed by atoms with E-state index in [4.69, 9.17) is 10.2 Å². The van der Waals surface area contributed by atoms with E-state index in [9.17, 15) is 9.59 Å². The number of hydrogen-bond donors (Lipinski definition) is 2. The summed E-state index contributed by atoms with van der Waals surface area (Å²) in [4.78, 5) is 26.4. The second-order valence-corrected chi connectivity index (χ2v) is 4.67. The lowest BCUT2D eigenvalue weighted by atomic mass is 10.1. The summed E-state index contributed by atoms with van der Waals surface area (Å²) in [5.41, 5.74) is 0.393. The van der Waals surface area contributed by atoms with Crippen molar-refractivity contribution in [3.8, 4) is 0 Å². The van der Waals surface area contributed by atoms with Crippen LogP contribution in [0.4, 0.5) is 10.5 Å². The maximum absolute atomic E-state index is 12.4. The van der Waals surface area contributed by atoms with E-state index in [0.717, 1.165) is 0 Å². The summed E-state index contributed by atoms with van der Waals surface area (Å²) < 4.78 is 0. The Hall–Kier alpha value is -2.08. The molecule has 0 aliphatic heterocycles. The highest BCUT2D eigenvalue weighted by atomic mass is 16.4. The molecule has 6 nitrogen and oxygen atoms in total. The molecule has 1 aromatic rings. The number of urea groups is 1. The number of anilines is 1. The SMILES string of the molecule is CC(C)N(CCO)C(=O)N(C)c1ccccc1C(=O)O. The average molecular weight is 280 g/mol. The van der Waals surface area contributed by atoms with Crippen molar-refractivity contribution < 1.29 is 19.8 Å². The number of aromatic carboxylic acids is 1. The zero-order valence-electron chi connectivity index (χ0n) is 11.9. The third-order valence-corrected chi connectivity index (χ3v) is 2.99. The lowest BCUT2D eigenvalue weighted by Gasteiger charge is -2.31. The highest BCUT2D eigenvalue weighted by Crippen LogP contribution is 2.21. The van der Waals surface area contributed by atoms with Gasteiger partial charge in [-0.25, -0.2) is 9.59 Å². The average Bonchev–Trinajstić information content (AvgIpc) is 2.42. The summed E-state index contributed by atoms with van der Waals surface area (Å²) in [6.45, 7) is 3.74. The van der Waals surface area contributed by atoms with Gasteiger partial charge >= 0.3 is 12.0 Å². The largest absolute Gasteiger partial charge is 0.478 e. The van der Waals surface area contributed by atoms with Crippen molar-refractivity contribution in [3.63, 3.8) is 0 Å². The highest BCUT2D eigenvalue weighted by Gasteiger charge is 2.24. The molecule has 1 rings (SSSR count). The van der Waals surface area contributed by atoms with Crippen LogP contribution in [0.5, 0.6) is 0 Å². The van der Waals surface area contributed by atoms with E-state index in [1.54, 1.807) is 18.2 Å². The van der Waals surface area contributed by atoms with Crippen LogP contribution in [-0.4, -0.2) is 53.4 Å². The van der Waals surface area contributed by atoms with Gasteiger partial charge in [0.1, 0.15) is 0 Å². The summed E-state index contributed by atoms with van der Waals surface area (Å²) >= 11 is 0. The minimum atomic E-state index is -1.08. The van der Waals surface area contributed by atoms with Gasteiger partial charge in [0.2, 0.25) is 0 Å².